The van der Waals surface area contributed by atoms with Gasteiger partial charge in [-0.25, -0.2) is 0 Å². The van der Waals surface area contributed by atoms with Crippen LogP contribution in [0.5, 0.6) is 0 Å². The lowest BCUT2D eigenvalue weighted by molar-refractivity contribution is -0.139. The SMILES string of the molecule is O=C(NCCCCl)C(=O)NCc1ccc(Cl)cc1. The van der Waals surface area contributed by atoms with Crippen LogP contribution in [0.2, 0.25) is 5.02 Å². The molecule has 0 aromatic heterocycles. The van der Waals surface area contributed by atoms with Crippen molar-refractivity contribution in [2.24, 2.45) is 0 Å². The molecule has 18 heavy (non-hydrogen) atoms. The molecular weight excluding hydrogens is 275 g/mol. The predicted molar refractivity (Wildman–Crippen MR) is 71.6 cm³/mol. The van der Waals surface area contributed by atoms with E-state index in [1.807, 2.05) is 0 Å². The van der Waals surface area contributed by atoms with Crippen molar-refractivity contribution in [1.29, 1.82) is 0 Å². The Morgan fingerprint density at radius 2 is 1.67 bits per heavy atom. The second-order valence-corrected chi connectivity index (χ2v) is 4.42. The maximum absolute atomic E-state index is 11.4. The van der Waals surface area contributed by atoms with E-state index < -0.39 is 11.8 Å². The van der Waals surface area contributed by atoms with Crippen LogP contribution in [0.25, 0.3) is 0 Å². The molecule has 0 atom stereocenters. The van der Waals surface area contributed by atoms with E-state index in [9.17, 15) is 9.59 Å². The van der Waals surface area contributed by atoms with Crippen LogP contribution >= 0.6 is 23.2 Å². The Hall–Kier alpha value is -1.26. The Morgan fingerprint density at radius 1 is 1.06 bits per heavy atom. The molecule has 0 fully saturated rings. The molecule has 0 heterocycles. The van der Waals surface area contributed by atoms with Crippen molar-refractivity contribution in [3.05, 3.63) is 34.9 Å². The van der Waals surface area contributed by atoms with E-state index >= 15 is 0 Å². The van der Waals surface area contributed by atoms with Gasteiger partial charge in [-0.05, 0) is 24.1 Å². The molecule has 4 nitrogen and oxygen atoms in total. The lowest BCUT2D eigenvalue weighted by Crippen LogP contribution is -2.40. The standard InChI is InChI=1S/C12H14Cl2N2O2/c13-6-1-7-15-11(17)12(18)16-8-9-2-4-10(14)5-3-9/h2-5H,1,6-8H2,(H,15,17)(H,16,18). The fourth-order valence-electron chi connectivity index (χ4n) is 1.21. The maximum Gasteiger partial charge on any atom is 0.309 e. The van der Waals surface area contributed by atoms with Crippen molar-refractivity contribution < 1.29 is 9.59 Å². The highest BCUT2D eigenvalue weighted by molar-refractivity contribution is 6.35. The second-order valence-electron chi connectivity index (χ2n) is 3.61. The molecule has 0 aliphatic heterocycles. The summed E-state index contributed by atoms with van der Waals surface area (Å²) in [6, 6.07) is 7.02. The number of rotatable bonds is 5. The topological polar surface area (TPSA) is 58.2 Å². The van der Waals surface area contributed by atoms with Crippen molar-refractivity contribution in [1.82, 2.24) is 10.6 Å². The number of amides is 2. The smallest absolute Gasteiger partial charge is 0.309 e. The first-order valence-corrected chi connectivity index (χ1v) is 6.41. The summed E-state index contributed by atoms with van der Waals surface area (Å²) < 4.78 is 0. The number of hydrogen-bond acceptors (Lipinski definition) is 2. The summed E-state index contributed by atoms with van der Waals surface area (Å²) in [4.78, 5) is 22.7. The van der Waals surface area contributed by atoms with Crippen molar-refractivity contribution in [2.45, 2.75) is 13.0 Å². The first-order chi connectivity index (χ1) is 8.63. The summed E-state index contributed by atoms with van der Waals surface area (Å²) in [6.45, 7) is 0.690. The van der Waals surface area contributed by atoms with Gasteiger partial charge in [-0.15, -0.1) is 11.6 Å². The Balaban J connectivity index is 2.32. The third kappa shape index (κ3) is 5.38. The zero-order valence-corrected chi connectivity index (χ0v) is 11.2. The zero-order chi connectivity index (χ0) is 13.4. The largest absolute Gasteiger partial charge is 0.348 e. The monoisotopic (exact) mass is 288 g/mol. The molecule has 2 N–H and O–H groups in total. The van der Waals surface area contributed by atoms with Crippen LogP contribution in [0.1, 0.15) is 12.0 Å². The van der Waals surface area contributed by atoms with Crippen LogP contribution in [0.3, 0.4) is 0 Å². The third-order valence-electron chi connectivity index (χ3n) is 2.17. The van der Waals surface area contributed by atoms with Crippen LogP contribution in [0, 0.1) is 0 Å². The van der Waals surface area contributed by atoms with Gasteiger partial charge in [-0.3, -0.25) is 9.59 Å². The molecule has 2 amide bonds. The minimum Gasteiger partial charge on any atom is -0.348 e. The minimum absolute atomic E-state index is 0.291. The fraction of sp³-hybridized carbons (Fsp3) is 0.333. The zero-order valence-electron chi connectivity index (χ0n) is 9.71. The number of alkyl halides is 1. The van der Waals surface area contributed by atoms with Crippen LogP contribution in [0.4, 0.5) is 0 Å². The summed E-state index contributed by atoms with van der Waals surface area (Å²) in [6.07, 6.45) is 0.637. The molecule has 0 aliphatic carbocycles. The summed E-state index contributed by atoms with van der Waals surface area (Å²) in [7, 11) is 0. The van der Waals surface area contributed by atoms with Gasteiger partial charge in [0.2, 0.25) is 0 Å². The number of hydrogen-bond donors (Lipinski definition) is 2. The first kappa shape index (κ1) is 14.8. The van der Waals surface area contributed by atoms with E-state index in [2.05, 4.69) is 10.6 Å². The molecular formula is C12H14Cl2N2O2. The number of benzene rings is 1. The summed E-state index contributed by atoms with van der Waals surface area (Å²) in [5, 5.41) is 5.62. The molecule has 0 radical (unpaired) electrons. The van der Waals surface area contributed by atoms with Crippen LogP contribution in [0.15, 0.2) is 24.3 Å². The summed E-state index contributed by atoms with van der Waals surface area (Å²) in [5.41, 5.74) is 0.876. The van der Waals surface area contributed by atoms with E-state index in [-0.39, 0.29) is 0 Å². The third-order valence-corrected chi connectivity index (χ3v) is 2.69. The lowest BCUT2D eigenvalue weighted by atomic mass is 10.2. The molecule has 1 aromatic rings. The van der Waals surface area contributed by atoms with Gasteiger partial charge in [0.15, 0.2) is 0 Å². The molecule has 0 bridgehead atoms. The Kier molecular flexibility index (Phi) is 6.54. The number of nitrogens with one attached hydrogen (secondary N) is 2. The number of carbonyl (C=O) groups excluding carboxylic acids is 2. The highest BCUT2D eigenvalue weighted by Crippen LogP contribution is 2.08. The van der Waals surface area contributed by atoms with Crippen molar-refractivity contribution in [3.63, 3.8) is 0 Å². The van der Waals surface area contributed by atoms with E-state index in [1.165, 1.54) is 0 Å². The van der Waals surface area contributed by atoms with Gasteiger partial charge in [-0.2, -0.15) is 0 Å². The van der Waals surface area contributed by atoms with Gasteiger partial charge in [0.1, 0.15) is 0 Å². The molecule has 0 aliphatic rings. The van der Waals surface area contributed by atoms with Crippen molar-refractivity contribution in [2.75, 3.05) is 12.4 Å². The molecule has 0 unspecified atom stereocenters. The molecule has 0 saturated carbocycles. The van der Waals surface area contributed by atoms with E-state index in [0.717, 1.165) is 5.56 Å². The lowest BCUT2D eigenvalue weighted by Gasteiger charge is -2.06. The van der Waals surface area contributed by atoms with Crippen LogP contribution in [-0.2, 0) is 16.1 Å². The Morgan fingerprint density at radius 3 is 2.28 bits per heavy atom. The van der Waals surface area contributed by atoms with Crippen LogP contribution < -0.4 is 10.6 Å². The van der Waals surface area contributed by atoms with Gasteiger partial charge in [-0.1, -0.05) is 23.7 Å². The van der Waals surface area contributed by atoms with E-state index in [4.69, 9.17) is 23.2 Å². The van der Waals surface area contributed by atoms with Gasteiger partial charge in [0.05, 0.1) is 0 Å². The Bertz CT molecular complexity index is 407. The molecule has 1 aromatic carbocycles. The fourth-order valence-corrected chi connectivity index (χ4v) is 1.47. The second kappa shape index (κ2) is 7.95. The highest BCUT2D eigenvalue weighted by atomic mass is 35.5. The maximum atomic E-state index is 11.4. The predicted octanol–water partition coefficient (Wildman–Crippen LogP) is 1.70. The first-order valence-electron chi connectivity index (χ1n) is 5.50. The van der Waals surface area contributed by atoms with E-state index in [1.54, 1.807) is 24.3 Å². The normalized spacial score (nSPS) is 9.89. The molecule has 1 rings (SSSR count). The number of halogens is 2. The summed E-state index contributed by atoms with van der Waals surface area (Å²) in [5.74, 6) is -0.847. The van der Waals surface area contributed by atoms with Crippen molar-refractivity contribution >= 4 is 35.0 Å². The van der Waals surface area contributed by atoms with Crippen LogP contribution in [-0.4, -0.2) is 24.2 Å². The minimum atomic E-state index is -0.653. The summed E-state index contributed by atoms with van der Waals surface area (Å²) >= 11 is 11.2. The van der Waals surface area contributed by atoms with Gasteiger partial charge < -0.3 is 10.6 Å². The highest BCUT2D eigenvalue weighted by Gasteiger charge is 2.11. The molecule has 0 spiro atoms. The number of carbonyl (C=O) groups is 2. The average Bonchev–Trinajstić information content (AvgIpc) is 2.38. The quantitative estimate of drug-likeness (QED) is 0.492. The molecule has 0 saturated heterocycles. The Labute approximate surface area is 116 Å². The van der Waals surface area contributed by atoms with Crippen molar-refractivity contribution in [3.8, 4) is 0 Å². The van der Waals surface area contributed by atoms with Gasteiger partial charge >= 0.3 is 11.8 Å². The molecule has 6 heteroatoms. The molecule has 98 valence electrons. The average molecular weight is 289 g/mol. The van der Waals surface area contributed by atoms with Gasteiger partial charge in [0, 0.05) is 24.0 Å². The van der Waals surface area contributed by atoms with Gasteiger partial charge in [0.25, 0.3) is 0 Å². The van der Waals surface area contributed by atoms with E-state index in [0.29, 0.717) is 30.4 Å².